The largest absolute Gasteiger partial charge is 0.468 e. The SMILES string of the molecule is COC(=O)[C@@H]1CCCN(C(=O)[C@H](C)NC(=O)[C@@H](NC(=O)[C@](C)(C=Cc2ccc3ccc([C@@H](C)OC(C)=O)nc3c2)COCC[Si](C)(C)C)C(C)C)N1. The van der Waals surface area contributed by atoms with Crippen molar-refractivity contribution in [2.45, 2.75) is 104 Å². The van der Waals surface area contributed by atoms with E-state index in [2.05, 4.69) is 35.7 Å². The fourth-order valence-corrected chi connectivity index (χ4v) is 6.38. The lowest BCUT2D eigenvalue weighted by Crippen LogP contribution is -2.61. The molecule has 3 N–H and O–H groups in total. The summed E-state index contributed by atoms with van der Waals surface area (Å²) in [6, 6.07) is 7.90. The van der Waals surface area contributed by atoms with Gasteiger partial charge in [-0.25, -0.2) is 10.4 Å². The van der Waals surface area contributed by atoms with Gasteiger partial charge in [0, 0.05) is 33.5 Å². The quantitative estimate of drug-likeness (QED) is 0.126. The van der Waals surface area contributed by atoms with E-state index >= 15 is 0 Å². The Kier molecular flexibility index (Phi) is 15.1. The smallest absolute Gasteiger partial charge is 0.324 e. The molecule has 14 heteroatoms. The third kappa shape index (κ3) is 12.2. The molecule has 1 aliphatic heterocycles. The van der Waals surface area contributed by atoms with Crippen molar-refractivity contribution in [1.82, 2.24) is 26.1 Å². The minimum Gasteiger partial charge on any atom is -0.468 e. The van der Waals surface area contributed by atoms with Crippen LogP contribution in [0, 0.1) is 11.3 Å². The topological polar surface area (TPSA) is 165 Å². The molecule has 5 atom stereocenters. The maximum Gasteiger partial charge on any atom is 0.324 e. The molecular weight excluding hydrogens is 683 g/mol. The van der Waals surface area contributed by atoms with Gasteiger partial charge in [-0.15, -0.1) is 0 Å². The molecule has 286 valence electrons. The lowest BCUT2D eigenvalue weighted by atomic mass is 9.88. The van der Waals surface area contributed by atoms with Crippen molar-refractivity contribution in [3.63, 3.8) is 0 Å². The zero-order chi connectivity index (χ0) is 38.8. The summed E-state index contributed by atoms with van der Waals surface area (Å²) in [5.41, 5.74) is 3.85. The standard InChI is InChI=1S/C38H57N5O8Si/c1-24(2)33(34(45)39-25(3)35(46)43-19-11-12-31(42-43)36(47)49-7)41-37(48)38(6,23-50-20-21-52(8,9)10)18-17-28-13-14-29-15-16-30(40-32(29)22-28)26(4)51-27(5)44/h13-18,22,24-26,31,33,42H,11-12,19-21,23H2,1-10H3,(H,39,45)(H,41,48)/t25-,26+,31-,33-,38+/m0/s1. The van der Waals surface area contributed by atoms with Gasteiger partial charge in [0.25, 0.3) is 5.91 Å². The van der Waals surface area contributed by atoms with E-state index in [0.717, 1.165) is 17.0 Å². The van der Waals surface area contributed by atoms with E-state index in [1.54, 1.807) is 26.8 Å². The Labute approximate surface area is 308 Å². The van der Waals surface area contributed by atoms with Crippen LogP contribution in [-0.2, 0) is 38.2 Å². The fourth-order valence-electron chi connectivity index (χ4n) is 5.62. The van der Waals surface area contributed by atoms with Crippen LogP contribution in [-0.4, -0.2) is 92.7 Å². The monoisotopic (exact) mass is 739 g/mol. The Balaban J connectivity index is 1.81. The molecule has 3 rings (SSSR count). The molecule has 2 heterocycles. The number of fused-ring (bicyclic) bond motifs is 1. The number of aromatic nitrogens is 1. The molecule has 52 heavy (non-hydrogen) atoms. The summed E-state index contributed by atoms with van der Waals surface area (Å²) in [6.45, 7) is 17.8. The van der Waals surface area contributed by atoms with Gasteiger partial charge >= 0.3 is 11.9 Å². The molecule has 1 aliphatic rings. The summed E-state index contributed by atoms with van der Waals surface area (Å²) in [5, 5.41) is 7.94. The van der Waals surface area contributed by atoms with Gasteiger partial charge in [-0.2, -0.15) is 0 Å². The van der Waals surface area contributed by atoms with Crippen molar-refractivity contribution >= 4 is 54.7 Å². The van der Waals surface area contributed by atoms with E-state index in [9.17, 15) is 24.0 Å². The number of methoxy groups -OCH3 is 1. The lowest BCUT2D eigenvalue weighted by Gasteiger charge is -2.34. The number of pyridine rings is 1. The highest BCUT2D eigenvalue weighted by molar-refractivity contribution is 6.76. The van der Waals surface area contributed by atoms with Crippen LogP contribution in [0.3, 0.4) is 0 Å². The minimum atomic E-state index is -1.39. The molecule has 0 saturated carbocycles. The second-order valence-corrected chi connectivity index (χ2v) is 20.9. The summed E-state index contributed by atoms with van der Waals surface area (Å²) < 4.78 is 16.2. The molecule has 1 fully saturated rings. The van der Waals surface area contributed by atoms with Gasteiger partial charge in [0.2, 0.25) is 11.8 Å². The van der Waals surface area contributed by atoms with Gasteiger partial charge in [-0.1, -0.05) is 63.8 Å². The Morgan fingerprint density at radius 1 is 1.08 bits per heavy atom. The third-order valence-electron chi connectivity index (χ3n) is 8.96. The molecule has 0 aliphatic carbocycles. The number of esters is 2. The maximum atomic E-state index is 14.1. The Hall–Kier alpha value is -4.14. The van der Waals surface area contributed by atoms with Crippen LogP contribution in [0.5, 0.6) is 0 Å². The zero-order valence-electron chi connectivity index (χ0n) is 32.3. The number of benzene rings is 1. The number of nitrogens with zero attached hydrogens (tertiary/aromatic N) is 2. The highest BCUT2D eigenvalue weighted by Crippen LogP contribution is 2.25. The average Bonchev–Trinajstić information content (AvgIpc) is 3.09. The molecule has 0 spiro atoms. The number of hydrazine groups is 1. The highest BCUT2D eigenvalue weighted by Gasteiger charge is 2.37. The first-order chi connectivity index (χ1) is 24.3. The second kappa shape index (κ2) is 18.6. The molecule has 13 nitrogen and oxygen atoms in total. The molecule has 1 saturated heterocycles. The number of carbonyl (C=O) groups excluding carboxylic acids is 5. The van der Waals surface area contributed by atoms with Crippen LogP contribution in [0.4, 0.5) is 0 Å². The number of carbonyl (C=O) groups is 5. The first-order valence-corrected chi connectivity index (χ1v) is 21.7. The predicted octanol–water partition coefficient (Wildman–Crippen LogP) is 4.55. The summed E-state index contributed by atoms with van der Waals surface area (Å²) in [6.07, 6.45) is 4.24. The first-order valence-electron chi connectivity index (χ1n) is 17.9. The first kappa shape index (κ1) is 42.3. The van der Waals surface area contributed by atoms with Crippen LogP contribution in [0.1, 0.15) is 71.7 Å². The van der Waals surface area contributed by atoms with Crippen molar-refractivity contribution in [3.05, 3.63) is 47.7 Å². The summed E-state index contributed by atoms with van der Waals surface area (Å²) in [4.78, 5) is 69.2. The fraction of sp³-hybridized carbons (Fsp3) is 0.579. The molecule has 0 bridgehead atoms. The van der Waals surface area contributed by atoms with Gasteiger partial charge in [0.05, 0.1) is 30.3 Å². The number of amides is 3. The van der Waals surface area contributed by atoms with Crippen LogP contribution in [0.15, 0.2) is 36.4 Å². The number of ether oxygens (including phenoxy) is 3. The number of hydrogen-bond acceptors (Lipinski definition) is 10. The predicted molar refractivity (Wildman–Crippen MR) is 202 cm³/mol. The normalized spacial score (nSPS) is 18.0. The lowest BCUT2D eigenvalue weighted by molar-refractivity contribution is -0.151. The van der Waals surface area contributed by atoms with Crippen molar-refractivity contribution in [2.24, 2.45) is 11.3 Å². The molecule has 1 aromatic heterocycles. The van der Waals surface area contributed by atoms with Gasteiger partial charge in [0.1, 0.15) is 24.2 Å². The van der Waals surface area contributed by atoms with E-state index < -0.39 is 61.4 Å². The highest BCUT2D eigenvalue weighted by atomic mass is 28.3. The molecule has 3 amide bonds. The molecule has 0 radical (unpaired) electrons. The molecule has 1 aromatic carbocycles. The van der Waals surface area contributed by atoms with Crippen molar-refractivity contribution in [2.75, 3.05) is 26.9 Å². The van der Waals surface area contributed by atoms with E-state index in [1.165, 1.54) is 19.0 Å². The van der Waals surface area contributed by atoms with Crippen LogP contribution >= 0.6 is 0 Å². The zero-order valence-corrected chi connectivity index (χ0v) is 33.3. The summed E-state index contributed by atoms with van der Waals surface area (Å²) in [7, 11) is -0.102. The van der Waals surface area contributed by atoms with Crippen LogP contribution in [0.2, 0.25) is 25.7 Å². The number of rotatable bonds is 16. The molecule has 2 aromatic rings. The second-order valence-electron chi connectivity index (χ2n) is 15.3. The van der Waals surface area contributed by atoms with E-state index in [1.807, 2.05) is 50.3 Å². The van der Waals surface area contributed by atoms with E-state index in [4.69, 9.17) is 19.2 Å². The Morgan fingerprint density at radius 3 is 2.40 bits per heavy atom. The summed E-state index contributed by atoms with van der Waals surface area (Å²) >= 11 is 0. The van der Waals surface area contributed by atoms with Gasteiger partial charge in [-0.3, -0.25) is 29.0 Å². The van der Waals surface area contributed by atoms with Crippen molar-refractivity contribution < 1.29 is 38.2 Å². The summed E-state index contributed by atoms with van der Waals surface area (Å²) in [5.74, 6) is -2.47. The average molecular weight is 740 g/mol. The minimum absolute atomic E-state index is 0.0823. The third-order valence-corrected chi connectivity index (χ3v) is 10.7. The van der Waals surface area contributed by atoms with Gasteiger partial charge < -0.3 is 24.8 Å². The Bertz CT molecular complexity index is 1630. The number of nitrogens with one attached hydrogen (secondary N) is 3. The van der Waals surface area contributed by atoms with Crippen LogP contribution in [0.25, 0.3) is 17.0 Å². The molecular formula is C38H57N5O8Si. The van der Waals surface area contributed by atoms with Gasteiger partial charge in [-0.05, 0) is 63.3 Å². The van der Waals surface area contributed by atoms with E-state index in [-0.39, 0.29) is 18.5 Å². The molecule has 0 unspecified atom stereocenters. The Morgan fingerprint density at radius 2 is 1.77 bits per heavy atom. The van der Waals surface area contributed by atoms with Gasteiger partial charge in [0.15, 0.2) is 0 Å². The van der Waals surface area contributed by atoms with E-state index in [0.29, 0.717) is 37.2 Å². The van der Waals surface area contributed by atoms with Crippen LogP contribution < -0.4 is 16.1 Å². The van der Waals surface area contributed by atoms with Crippen molar-refractivity contribution in [3.8, 4) is 0 Å². The maximum absolute atomic E-state index is 14.1. The van der Waals surface area contributed by atoms with Crippen molar-refractivity contribution in [1.29, 1.82) is 0 Å². The number of hydrogen-bond donors (Lipinski definition) is 3.